The number of carbonyl (C=O) groups excluding carboxylic acids is 1. The minimum atomic E-state index is -0.133. The average Bonchev–Trinajstić information content (AvgIpc) is 2.95. The molecule has 0 radical (unpaired) electrons. The summed E-state index contributed by atoms with van der Waals surface area (Å²) in [5.41, 5.74) is 2.57. The Bertz CT molecular complexity index is 722. The number of hydrogen-bond acceptors (Lipinski definition) is 5. The van der Waals surface area contributed by atoms with Crippen LogP contribution in [0.3, 0.4) is 0 Å². The van der Waals surface area contributed by atoms with E-state index in [1.807, 2.05) is 13.0 Å². The summed E-state index contributed by atoms with van der Waals surface area (Å²) in [6.45, 7) is 1.95. The number of rotatable bonds is 3. The lowest BCUT2D eigenvalue weighted by atomic mass is 9.91. The van der Waals surface area contributed by atoms with Gasteiger partial charge in [0, 0.05) is 11.8 Å². The molecule has 21 heavy (non-hydrogen) atoms. The minimum absolute atomic E-state index is 0.0649. The van der Waals surface area contributed by atoms with Crippen LogP contribution in [0.1, 0.15) is 52.4 Å². The fourth-order valence-electron chi connectivity index (χ4n) is 2.69. The van der Waals surface area contributed by atoms with Gasteiger partial charge in [0.1, 0.15) is 4.88 Å². The van der Waals surface area contributed by atoms with Crippen LogP contribution in [0.4, 0.5) is 0 Å². The maximum absolute atomic E-state index is 12.4. The van der Waals surface area contributed by atoms with Gasteiger partial charge in [0.05, 0.1) is 11.7 Å². The van der Waals surface area contributed by atoms with E-state index in [0.29, 0.717) is 11.3 Å². The van der Waals surface area contributed by atoms with Crippen LogP contribution in [0, 0.1) is 0 Å². The molecule has 0 aliphatic heterocycles. The van der Waals surface area contributed by atoms with E-state index in [2.05, 4.69) is 19.9 Å². The first-order valence-corrected chi connectivity index (χ1v) is 7.80. The van der Waals surface area contributed by atoms with Gasteiger partial charge in [-0.25, -0.2) is 0 Å². The molecule has 1 aliphatic carbocycles. The number of pyridine rings is 1. The molecule has 0 fully saturated rings. The minimum Gasteiger partial charge on any atom is -0.344 e. The number of aromatic amines is 1. The number of amides is 1. The fourth-order valence-corrected chi connectivity index (χ4v) is 3.34. The zero-order chi connectivity index (χ0) is 14.8. The highest BCUT2D eigenvalue weighted by Crippen LogP contribution is 2.28. The second-order valence-corrected chi connectivity index (χ2v) is 5.83. The quantitative estimate of drug-likeness (QED) is 0.901. The third-order valence-corrected chi connectivity index (χ3v) is 4.50. The Hall–Kier alpha value is -2.02. The maximum atomic E-state index is 12.4. The topological polar surface area (TPSA) is 87.7 Å². The lowest BCUT2D eigenvalue weighted by molar-refractivity contribution is 0.0935. The van der Waals surface area contributed by atoms with Crippen molar-refractivity contribution < 1.29 is 4.79 Å². The summed E-state index contributed by atoms with van der Waals surface area (Å²) in [5, 5.41) is 7.01. The van der Waals surface area contributed by atoms with Crippen molar-refractivity contribution in [2.24, 2.45) is 0 Å². The molecular formula is C14H16N4O2S. The Morgan fingerprint density at radius 2 is 2.38 bits per heavy atom. The molecule has 1 aliphatic rings. The van der Waals surface area contributed by atoms with Crippen LogP contribution in [0.25, 0.3) is 0 Å². The lowest BCUT2D eigenvalue weighted by Crippen LogP contribution is -2.32. The van der Waals surface area contributed by atoms with E-state index < -0.39 is 0 Å². The molecule has 0 unspecified atom stereocenters. The number of aromatic nitrogens is 3. The molecule has 0 bridgehead atoms. The first-order valence-electron chi connectivity index (χ1n) is 7.03. The van der Waals surface area contributed by atoms with Crippen molar-refractivity contribution in [2.75, 3.05) is 0 Å². The third kappa shape index (κ3) is 2.73. The van der Waals surface area contributed by atoms with Crippen LogP contribution in [0.5, 0.6) is 0 Å². The summed E-state index contributed by atoms with van der Waals surface area (Å²) < 4.78 is 3.85. The number of carbonyl (C=O) groups is 1. The third-order valence-electron chi connectivity index (χ3n) is 3.73. The van der Waals surface area contributed by atoms with E-state index >= 15 is 0 Å². The molecule has 0 spiro atoms. The molecule has 110 valence electrons. The maximum Gasteiger partial charge on any atom is 0.265 e. The van der Waals surface area contributed by atoms with E-state index in [1.54, 1.807) is 0 Å². The van der Waals surface area contributed by atoms with Gasteiger partial charge in [-0.05, 0) is 48.8 Å². The summed E-state index contributed by atoms with van der Waals surface area (Å²) in [6, 6.07) is 3.25. The van der Waals surface area contributed by atoms with E-state index in [-0.39, 0.29) is 17.5 Å². The SMILES string of the molecule is CCc1nnsc1C(=O)N[C@H]1CCCc2[nH]c(=O)ccc21. The summed E-state index contributed by atoms with van der Waals surface area (Å²) >= 11 is 1.12. The highest BCUT2D eigenvalue weighted by Gasteiger charge is 2.24. The number of nitrogens with zero attached hydrogens (tertiary/aromatic N) is 2. The smallest absolute Gasteiger partial charge is 0.265 e. The number of hydrogen-bond donors (Lipinski definition) is 2. The van der Waals surface area contributed by atoms with Crippen LogP contribution >= 0.6 is 11.5 Å². The van der Waals surface area contributed by atoms with Gasteiger partial charge in [-0.15, -0.1) is 5.10 Å². The number of H-pyrrole nitrogens is 1. The molecule has 0 saturated carbocycles. The van der Waals surface area contributed by atoms with Crippen molar-refractivity contribution in [3.05, 3.63) is 44.3 Å². The van der Waals surface area contributed by atoms with E-state index in [0.717, 1.165) is 47.7 Å². The molecule has 1 atom stereocenters. The Kier molecular flexibility index (Phi) is 3.83. The van der Waals surface area contributed by atoms with Crippen LogP contribution in [0.15, 0.2) is 16.9 Å². The molecule has 3 rings (SSSR count). The van der Waals surface area contributed by atoms with Crippen molar-refractivity contribution in [3.8, 4) is 0 Å². The number of nitrogens with one attached hydrogen (secondary N) is 2. The molecule has 0 saturated heterocycles. The summed E-state index contributed by atoms with van der Waals surface area (Å²) in [7, 11) is 0. The largest absolute Gasteiger partial charge is 0.344 e. The molecule has 2 aromatic heterocycles. The van der Waals surface area contributed by atoms with Gasteiger partial charge in [0.2, 0.25) is 5.56 Å². The van der Waals surface area contributed by atoms with Crippen LogP contribution in [0.2, 0.25) is 0 Å². The van der Waals surface area contributed by atoms with Crippen LogP contribution in [-0.4, -0.2) is 20.5 Å². The fraction of sp³-hybridized carbons (Fsp3) is 0.429. The second-order valence-electron chi connectivity index (χ2n) is 5.08. The second kappa shape index (κ2) is 5.77. The van der Waals surface area contributed by atoms with Gasteiger partial charge in [-0.3, -0.25) is 9.59 Å². The zero-order valence-electron chi connectivity index (χ0n) is 11.7. The van der Waals surface area contributed by atoms with E-state index in [9.17, 15) is 9.59 Å². The molecule has 2 aromatic rings. The number of aryl methyl sites for hydroxylation is 2. The normalized spacial score (nSPS) is 17.3. The van der Waals surface area contributed by atoms with Gasteiger partial charge in [0.25, 0.3) is 5.91 Å². The van der Waals surface area contributed by atoms with Gasteiger partial charge in [-0.1, -0.05) is 11.4 Å². The summed E-state index contributed by atoms with van der Waals surface area (Å²) in [6.07, 6.45) is 3.35. The van der Waals surface area contributed by atoms with Crippen molar-refractivity contribution in [1.82, 2.24) is 19.9 Å². The molecule has 0 aromatic carbocycles. The Labute approximate surface area is 125 Å². The average molecular weight is 304 g/mol. The van der Waals surface area contributed by atoms with E-state index in [4.69, 9.17) is 0 Å². The van der Waals surface area contributed by atoms with Crippen LogP contribution < -0.4 is 10.9 Å². The Morgan fingerprint density at radius 3 is 3.19 bits per heavy atom. The number of fused-ring (bicyclic) bond motifs is 1. The van der Waals surface area contributed by atoms with Gasteiger partial charge in [0.15, 0.2) is 0 Å². The predicted molar refractivity (Wildman–Crippen MR) is 79.5 cm³/mol. The Morgan fingerprint density at radius 1 is 1.52 bits per heavy atom. The molecule has 2 N–H and O–H groups in total. The molecule has 2 heterocycles. The summed E-state index contributed by atoms with van der Waals surface area (Å²) in [4.78, 5) is 27.2. The van der Waals surface area contributed by atoms with Crippen molar-refractivity contribution in [3.63, 3.8) is 0 Å². The van der Waals surface area contributed by atoms with Crippen molar-refractivity contribution in [1.29, 1.82) is 0 Å². The van der Waals surface area contributed by atoms with Gasteiger partial charge < -0.3 is 10.3 Å². The van der Waals surface area contributed by atoms with Crippen molar-refractivity contribution in [2.45, 2.75) is 38.6 Å². The summed E-state index contributed by atoms with van der Waals surface area (Å²) in [5.74, 6) is -0.133. The van der Waals surface area contributed by atoms with Gasteiger partial charge >= 0.3 is 0 Å². The lowest BCUT2D eigenvalue weighted by Gasteiger charge is -2.25. The first kappa shape index (κ1) is 13.9. The molecule has 7 heteroatoms. The molecular weight excluding hydrogens is 288 g/mol. The molecule has 6 nitrogen and oxygen atoms in total. The standard InChI is InChI=1S/C14H16N4O2S/c1-2-9-13(21-18-17-9)14(20)16-11-5-3-4-10-8(11)6-7-12(19)15-10/h6-7,11H,2-5H2,1H3,(H,15,19)(H,16,20)/t11-/m0/s1. The van der Waals surface area contributed by atoms with Gasteiger partial charge in [-0.2, -0.15) is 0 Å². The van der Waals surface area contributed by atoms with E-state index in [1.165, 1.54) is 6.07 Å². The zero-order valence-corrected chi connectivity index (χ0v) is 12.5. The highest BCUT2D eigenvalue weighted by molar-refractivity contribution is 7.08. The Balaban J connectivity index is 1.84. The van der Waals surface area contributed by atoms with Crippen LogP contribution in [-0.2, 0) is 12.8 Å². The molecule has 1 amide bonds. The predicted octanol–water partition coefficient (Wildman–Crippen LogP) is 1.60. The monoisotopic (exact) mass is 304 g/mol. The van der Waals surface area contributed by atoms with Crippen molar-refractivity contribution >= 4 is 17.4 Å². The first-order chi connectivity index (χ1) is 10.2. The highest BCUT2D eigenvalue weighted by atomic mass is 32.1.